The molecule has 0 aliphatic carbocycles. The zero-order valence-corrected chi connectivity index (χ0v) is 69.1. The Morgan fingerprint density at radius 3 is 1.39 bits per heavy atom. The average molecular weight is 1610 g/mol. The molecule has 594 valence electrons. The molecule has 5 aliphatic rings. The van der Waals surface area contributed by atoms with Gasteiger partial charge in [-0.15, -0.1) is 34.0 Å². The van der Waals surface area contributed by atoms with Crippen LogP contribution in [0.3, 0.4) is 0 Å². The number of ether oxygens (including phenoxy) is 2. The number of rotatable bonds is 10. The number of aromatic nitrogens is 11. The second-order valence-corrected chi connectivity index (χ2v) is 34.5. The summed E-state index contributed by atoms with van der Waals surface area (Å²) in [5.74, 6) is 1.75. The number of nitrogens with one attached hydrogen (secondary N) is 1. The highest BCUT2D eigenvalue weighted by Gasteiger charge is 2.31. The number of thiazole rings is 3. The Morgan fingerprint density at radius 2 is 0.853 bits per heavy atom. The van der Waals surface area contributed by atoms with Gasteiger partial charge in [-0.25, -0.2) is 34.9 Å². The molecule has 0 spiro atoms. The molecule has 0 amide bonds. The largest absolute Gasteiger partial charge is 0.493 e. The summed E-state index contributed by atoms with van der Waals surface area (Å²) >= 11 is 4.97. The molecule has 0 radical (unpaired) electrons. The molecule has 24 nitrogen and oxygen atoms in total. The molecular weight excluding hydrogens is 1510 g/mol. The van der Waals surface area contributed by atoms with Crippen LogP contribution in [0.15, 0.2) is 183 Å². The Hall–Kier alpha value is -11.2. The molecule has 5 aliphatic heterocycles. The van der Waals surface area contributed by atoms with Crippen molar-refractivity contribution >= 4 is 104 Å². The Morgan fingerprint density at radius 1 is 0.388 bits per heavy atom. The van der Waals surface area contributed by atoms with Crippen LogP contribution in [-0.2, 0) is 0 Å². The number of nitrogens with zero attached hydrogens (tertiary/aromatic N) is 17. The second-order valence-electron chi connectivity index (χ2n) is 30.8. The fraction of sp³-hybridized carbons (Fsp3) is 0.337. The normalized spacial score (nSPS) is 16.6. The molecular formula is C89H94N18O6S3. The number of fused-ring (bicyclic) bond motifs is 8. The molecule has 27 heteroatoms. The van der Waals surface area contributed by atoms with E-state index in [1.54, 1.807) is 90.1 Å². The molecule has 16 heterocycles. The first-order valence-corrected chi connectivity index (χ1v) is 42.4. The van der Waals surface area contributed by atoms with Crippen LogP contribution in [0, 0.1) is 27.7 Å². The maximum atomic E-state index is 12.9. The number of likely N-dealkylation sites (tertiary alicyclic amines) is 1. The number of hydrogen-bond donors (Lipinski definition) is 1. The van der Waals surface area contributed by atoms with Crippen molar-refractivity contribution in [2.24, 2.45) is 0 Å². The lowest BCUT2D eigenvalue weighted by molar-refractivity contribution is 0.231. The van der Waals surface area contributed by atoms with E-state index in [1.807, 2.05) is 125 Å². The van der Waals surface area contributed by atoms with Gasteiger partial charge in [-0.05, 0) is 221 Å². The predicted octanol–water partition coefficient (Wildman–Crippen LogP) is 13.6. The summed E-state index contributed by atoms with van der Waals surface area (Å²) in [5, 5.41) is 6.53. The van der Waals surface area contributed by atoms with Gasteiger partial charge < -0.3 is 39.3 Å². The molecule has 0 bridgehead atoms. The van der Waals surface area contributed by atoms with Crippen LogP contribution in [0.5, 0.6) is 11.5 Å². The molecule has 0 unspecified atom stereocenters. The van der Waals surface area contributed by atoms with Crippen molar-refractivity contribution in [1.82, 2.24) is 72.5 Å². The van der Waals surface area contributed by atoms with Crippen molar-refractivity contribution in [3.05, 3.63) is 232 Å². The smallest absolute Gasteiger partial charge is 0.258 e. The highest BCUT2D eigenvalue weighted by molar-refractivity contribution is 7.19. The third-order valence-electron chi connectivity index (χ3n) is 22.9. The number of hydrogen-bond acceptors (Lipinski definition) is 23. The third kappa shape index (κ3) is 16.7. The van der Waals surface area contributed by atoms with E-state index in [1.165, 1.54) is 24.9 Å². The minimum atomic E-state index is -0.0716. The number of anilines is 3. The van der Waals surface area contributed by atoms with Crippen LogP contribution >= 0.6 is 34.0 Å². The number of piperidine rings is 1. The van der Waals surface area contributed by atoms with Crippen molar-refractivity contribution < 1.29 is 9.47 Å². The minimum absolute atomic E-state index is 0.0445. The van der Waals surface area contributed by atoms with E-state index in [0.717, 1.165) is 201 Å². The van der Waals surface area contributed by atoms with E-state index < -0.39 is 0 Å². The lowest BCUT2D eigenvalue weighted by Crippen LogP contribution is -2.50. The van der Waals surface area contributed by atoms with Crippen molar-refractivity contribution in [2.75, 3.05) is 135 Å². The molecule has 1 N–H and O–H groups in total. The van der Waals surface area contributed by atoms with Crippen molar-refractivity contribution in [1.29, 1.82) is 0 Å². The summed E-state index contributed by atoms with van der Waals surface area (Å²) in [4.78, 5) is 98.6. The van der Waals surface area contributed by atoms with Gasteiger partial charge in [0.1, 0.15) is 22.6 Å². The van der Waals surface area contributed by atoms with Gasteiger partial charge in [-0.2, -0.15) is 0 Å². The highest BCUT2D eigenvalue weighted by atomic mass is 32.1. The van der Waals surface area contributed by atoms with Gasteiger partial charge in [0, 0.05) is 136 Å². The first-order valence-electron chi connectivity index (χ1n) is 39.9. The number of benzene rings is 4. The Bertz CT molecular complexity index is 6450. The van der Waals surface area contributed by atoms with Crippen LogP contribution in [0.4, 0.5) is 17.1 Å². The average Bonchev–Trinajstić information content (AvgIpc) is 0.799. The molecule has 5 saturated heterocycles. The zero-order chi connectivity index (χ0) is 79.8. The first-order chi connectivity index (χ1) is 56.4. The summed E-state index contributed by atoms with van der Waals surface area (Å²) in [6.45, 7) is 22.7. The maximum Gasteiger partial charge on any atom is 0.258 e. The predicted molar refractivity (Wildman–Crippen MR) is 469 cm³/mol. The molecule has 0 saturated carbocycles. The van der Waals surface area contributed by atoms with E-state index in [9.17, 15) is 19.2 Å². The third-order valence-corrected chi connectivity index (χ3v) is 25.7. The molecule has 15 aromatic rings. The number of aryl methyl sites for hydroxylation is 4. The number of likely N-dealkylation sites (N-methyl/N-ethyl adjacent to an activating group) is 1. The van der Waals surface area contributed by atoms with Crippen LogP contribution in [0.2, 0.25) is 0 Å². The van der Waals surface area contributed by atoms with Crippen LogP contribution in [0.25, 0.3) is 98.3 Å². The fourth-order valence-corrected chi connectivity index (χ4v) is 19.2. The summed E-state index contributed by atoms with van der Waals surface area (Å²) in [6, 6.07) is 45.2. The van der Waals surface area contributed by atoms with Gasteiger partial charge in [0.05, 0.1) is 99.7 Å². The highest BCUT2D eigenvalue weighted by Crippen LogP contribution is 2.36. The molecule has 5 fully saturated rings. The molecule has 116 heavy (non-hydrogen) atoms. The van der Waals surface area contributed by atoms with Crippen molar-refractivity contribution in [2.45, 2.75) is 78.2 Å². The van der Waals surface area contributed by atoms with Crippen LogP contribution < -0.4 is 51.7 Å². The van der Waals surface area contributed by atoms with Crippen molar-refractivity contribution in [3.63, 3.8) is 0 Å². The zero-order valence-electron chi connectivity index (χ0n) is 66.7. The lowest BCUT2D eigenvalue weighted by atomic mass is 9.90. The Kier molecular flexibility index (Phi) is 22.4. The van der Waals surface area contributed by atoms with Gasteiger partial charge >= 0.3 is 0 Å². The van der Waals surface area contributed by atoms with E-state index in [0.29, 0.717) is 68.8 Å². The van der Waals surface area contributed by atoms with Gasteiger partial charge in [0.15, 0.2) is 11.5 Å². The van der Waals surface area contributed by atoms with Gasteiger partial charge in [0.25, 0.3) is 22.2 Å². The summed E-state index contributed by atoms with van der Waals surface area (Å²) in [6.07, 6.45) is 14.8. The van der Waals surface area contributed by atoms with Gasteiger partial charge in [-0.1, -0.05) is 24.3 Å². The fourth-order valence-electron chi connectivity index (χ4n) is 16.6. The van der Waals surface area contributed by atoms with Gasteiger partial charge in [0.2, 0.25) is 0 Å². The number of methoxy groups -OCH3 is 2. The van der Waals surface area contributed by atoms with Gasteiger partial charge in [-0.3, -0.25) is 41.7 Å². The molecule has 1 atom stereocenters. The minimum Gasteiger partial charge on any atom is -0.493 e. The number of piperazine rings is 1. The quantitative estimate of drug-likeness (QED) is 0.134. The maximum absolute atomic E-state index is 12.9. The summed E-state index contributed by atoms with van der Waals surface area (Å²) in [5.41, 5.74) is 17.3. The second kappa shape index (κ2) is 33.6. The van der Waals surface area contributed by atoms with E-state index in [4.69, 9.17) is 29.4 Å². The molecule has 4 aromatic carbocycles. The Balaban J connectivity index is 0.000000111. The van der Waals surface area contributed by atoms with Crippen LogP contribution in [-0.4, -0.2) is 193 Å². The van der Waals surface area contributed by atoms with E-state index >= 15 is 0 Å². The standard InChI is InChI=1S/C23H23N5OS.C23H27N3O3.C22H23N5OS.C21H21N5OS/c1-15-24-19-6-4-16(11-21(19)30-15)20-12-23(29)28-14-18(5-7-22(28)25-20)27-10-9-26-8-2-3-17(26)13-27;1-15-11-18(16-7-9-25(2)10-8-16)14-26-22(27)13-19(24-23(15)26)17-5-6-20(28-3)21(12-17)29-4;1-15-23-18-6-4-16(12-20(18)29-15)19-13-22(28)27-14-17(5-7-21(27)24-19)26-9-3-8-25(2)10-11-26;1-14-23-17-5-3-15(11-19(17)28-14)18-12-21(27)26-13-16(4-6-20(26)24-18)25-9-2-7-22-8-10-25/h4-7,11-12,14,17H,2-3,8-10,13H2,1H3;5-6,11-14,16H,7-10H2,1-4H3;4-7,12-14H,3,8-11H2,1-2H3;3-6,11-13,22H,2,7-10H2,1H3/t17-;;;/m0.../s1. The van der Waals surface area contributed by atoms with E-state index in [2.05, 4.69) is 106 Å². The molecule has 20 rings (SSSR count). The van der Waals surface area contributed by atoms with Crippen LogP contribution in [0.1, 0.15) is 70.6 Å². The molecule has 11 aromatic heterocycles. The topological polar surface area (TPSA) is 226 Å². The number of pyridine rings is 4. The Labute approximate surface area is 683 Å². The summed E-state index contributed by atoms with van der Waals surface area (Å²) < 4.78 is 20.7. The SMILES string of the molecule is COc1ccc(-c2cc(=O)n3cc(C4CCN(C)CC4)cc(C)c3n2)cc1OC.Cc1nc2ccc(-c3cc(=O)n4cc(N5CCCN(C)CC5)ccc4n3)cc2s1.Cc1nc2ccc(-c3cc(=O)n4cc(N5CCCNCC5)ccc4n3)cc2s1.Cc1nc2ccc(-c3cc(=O)n4cc(N5CCN6CCC[C@H]6C5)ccc4n3)cc2s1. The summed E-state index contributed by atoms with van der Waals surface area (Å²) in [7, 11) is 7.51. The monoisotopic (exact) mass is 1610 g/mol. The van der Waals surface area contributed by atoms with E-state index in [-0.39, 0.29) is 22.2 Å². The first kappa shape index (κ1) is 77.4. The lowest BCUT2D eigenvalue weighted by Gasteiger charge is -2.38. The van der Waals surface area contributed by atoms with Crippen molar-refractivity contribution in [3.8, 4) is 56.5 Å².